The standard InChI is InChI=1S/C22H36O/c1-14-5-6-19-16-10-12-22(4)18(15(2)23)7-8-20(22)17(16)9-11-21(19,3)13-14/h15-20,23H,1,5-13H2,2-4H3/t15?,16?,17?,18?,19?,20?,21-,22?/m1/s1. The molecule has 0 saturated heterocycles. The lowest BCUT2D eigenvalue weighted by molar-refractivity contribution is -0.0988. The van der Waals surface area contributed by atoms with E-state index in [0.717, 1.165) is 23.7 Å². The third-order valence-electron chi connectivity index (χ3n) is 9.07. The summed E-state index contributed by atoms with van der Waals surface area (Å²) in [6, 6.07) is 0. The van der Waals surface area contributed by atoms with Crippen LogP contribution in [0.4, 0.5) is 0 Å². The Morgan fingerprint density at radius 1 is 1.00 bits per heavy atom. The summed E-state index contributed by atoms with van der Waals surface area (Å²) in [5.41, 5.74) is 2.48. The first kappa shape index (κ1) is 16.2. The third kappa shape index (κ3) is 2.29. The Hall–Kier alpha value is -0.300. The van der Waals surface area contributed by atoms with Crippen molar-refractivity contribution in [1.29, 1.82) is 0 Å². The Bertz CT molecular complexity index is 494. The fourth-order valence-corrected chi connectivity index (χ4v) is 8.06. The molecule has 23 heavy (non-hydrogen) atoms. The van der Waals surface area contributed by atoms with Gasteiger partial charge in [0.05, 0.1) is 6.10 Å². The van der Waals surface area contributed by atoms with Gasteiger partial charge in [0.2, 0.25) is 0 Å². The topological polar surface area (TPSA) is 20.2 Å². The molecule has 4 saturated carbocycles. The van der Waals surface area contributed by atoms with Crippen molar-refractivity contribution in [3.8, 4) is 0 Å². The third-order valence-corrected chi connectivity index (χ3v) is 9.07. The molecule has 0 aromatic heterocycles. The van der Waals surface area contributed by atoms with Crippen molar-refractivity contribution in [2.24, 2.45) is 40.4 Å². The minimum Gasteiger partial charge on any atom is -0.393 e. The number of aliphatic hydroxyl groups is 1. The Balaban J connectivity index is 1.60. The minimum absolute atomic E-state index is 0.117. The van der Waals surface area contributed by atoms with E-state index >= 15 is 0 Å². The van der Waals surface area contributed by atoms with Crippen molar-refractivity contribution in [3.05, 3.63) is 12.2 Å². The lowest BCUT2D eigenvalue weighted by Crippen LogP contribution is -2.52. The zero-order valence-corrected chi connectivity index (χ0v) is 15.5. The van der Waals surface area contributed by atoms with Gasteiger partial charge in [-0.15, -0.1) is 0 Å². The minimum atomic E-state index is -0.117. The van der Waals surface area contributed by atoms with E-state index in [1.54, 1.807) is 0 Å². The van der Waals surface area contributed by atoms with Crippen molar-refractivity contribution in [1.82, 2.24) is 0 Å². The van der Waals surface area contributed by atoms with E-state index in [1.165, 1.54) is 63.4 Å². The second-order valence-electron chi connectivity index (χ2n) is 10.2. The highest BCUT2D eigenvalue weighted by atomic mass is 16.3. The van der Waals surface area contributed by atoms with Crippen molar-refractivity contribution < 1.29 is 5.11 Å². The van der Waals surface area contributed by atoms with Gasteiger partial charge in [-0.25, -0.2) is 0 Å². The van der Waals surface area contributed by atoms with Crippen LogP contribution in [0.1, 0.15) is 78.6 Å². The lowest BCUT2D eigenvalue weighted by atomic mass is 9.46. The van der Waals surface area contributed by atoms with Crippen LogP contribution in [0.15, 0.2) is 12.2 Å². The zero-order valence-electron chi connectivity index (χ0n) is 15.5. The molecule has 1 heteroatoms. The highest BCUT2D eigenvalue weighted by Crippen LogP contribution is 2.67. The van der Waals surface area contributed by atoms with E-state index < -0.39 is 0 Å². The van der Waals surface area contributed by atoms with Crippen LogP contribution in [-0.4, -0.2) is 11.2 Å². The van der Waals surface area contributed by atoms with Crippen molar-refractivity contribution in [3.63, 3.8) is 0 Å². The van der Waals surface area contributed by atoms with Crippen LogP contribution in [0.2, 0.25) is 0 Å². The molecule has 4 aliphatic carbocycles. The maximum atomic E-state index is 10.3. The zero-order chi connectivity index (χ0) is 16.4. The first-order valence-corrected chi connectivity index (χ1v) is 10.2. The van der Waals surface area contributed by atoms with Crippen LogP contribution in [0.3, 0.4) is 0 Å². The van der Waals surface area contributed by atoms with Gasteiger partial charge in [0.1, 0.15) is 0 Å². The quantitative estimate of drug-likeness (QED) is 0.626. The van der Waals surface area contributed by atoms with Gasteiger partial charge in [0.15, 0.2) is 0 Å². The Labute approximate surface area is 142 Å². The molecule has 1 N–H and O–H groups in total. The summed E-state index contributed by atoms with van der Waals surface area (Å²) in [6.45, 7) is 11.4. The maximum Gasteiger partial charge on any atom is 0.0545 e. The average Bonchev–Trinajstić information content (AvgIpc) is 2.83. The van der Waals surface area contributed by atoms with Gasteiger partial charge in [0, 0.05) is 0 Å². The monoisotopic (exact) mass is 316 g/mol. The van der Waals surface area contributed by atoms with E-state index in [0.29, 0.717) is 16.7 Å². The molecule has 0 aliphatic heterocycles. The second-order valence-corrected chi connectivity index (χ2v) is 10.2. The summed E-state index contributed by atoms with van der Waals surface area (Å²) in [4.78, 5) is 0. The fraction of sp³-hybridized carbons (Fsp3) is 0.909. The Kier molecular flexibility index (Phi) is 3.76. The van der Waals surface area contributed by atoms with Gasteiger partial charge >= 0.3 is 0 Å². The van der Waals surface area contributed by atoms with Gasteiger partial charge in [-0.3, -0.25) is 0 Å². The maximum absolute atomic E-state index is 10.3. The second kappa shape index (κ2) is 5.35. The van der Waals surface area contributed by atoms with Crippen LogP contribution in [0, 0.1) is 40.4 Å². The number of fused-ring (bicyclic) bond motifs is 5. The molecule has 4 rings (SSSR count). The predicted molar refractivity (Wildman–Crippen MR) is 96.0 cm³/mol. The summed E-state index contributed by atoms with van der Waals surface area (Å²) in [6.07, 6.45) is 12.1. The van der Waals surface area contributed by atoms with Crippen LogP contribution in [0.5, 0.6) is 0 Å². The molecule has 8 atom stereocenters. The molecule has 4 aliphatic rings. The molecule has 0 aromatic carbocycles. The van der Waals surface area contributed by atoms with Crippen molar-refractivity contribution in [2.75, 3.05) is 0 Å². The lowest BCUT2D eigenvalue weighted by Gasteiger charge is -2.59. The first-order valence-electron chi connectivity index (χ1n) is 10.2. The molecule has 1 nitrogen and oxygen atoms in total. The summed E-state index contributed by atoms with van der Waals surface area (Å²) >= 11 is 0. The molecule has 4 fully saturated rings. The predicted octanol–water partition coefficient (Wildman–Crippen LogP) is 5.58. The molecule has 0 aromatic rings. The molecule has 0 heterocycles. The van der Waals surface area contributed by atoms with E-state index in [9.17, 15) is 5.11 Å². The van der Waals surface area contributed by atoms with Crippen LogP contribution in [0.25, 0.3) is 0 Å². The summed E-state index contributed by atoms with van der Waals surface area (Å²) in [5.74, 6) is 4.29. The highest BCUT2D eigenvalue weighted by molar-refractivity contribution is 5.13. The van der Waals surface area contributed by atoms with E-state index in [-0.39, 0.29) is 6.10 Å². The van der Waals surface area contributed by atoms with E-state index in [1.807, 2.05) is 6.92 Å². The van der Waals surface area contributed by atoms with Gasteiger partial charge < -0.3 is 5.11 Å². The van der Waals surface area contributed by atoms with Gasteiger partial charge in [0.25, 0.3) is 0 Å². The van der Waals surface area contributed by atoms with Crippen molar-refractivity contribution >= 4 is 0 Å². The summed E-state index contributed by atoms with van der Waals surface area (Å²) in [7, 11) is 0. The van der Waals surface area contributed by atoms with Crippen LogP contribution >= 0.6 is 0 Å². The molecule has 0 radical (unpaired) electrons. The molecule has 0 amide bonds. The molecule has 130 valence electrons. The molecular weight excluding hydrogens is 280 g/mol. The number of hydrogen-bond acceptors (Lipinski definition) is 1. The molecule has 7 unspecified atom stereocenters. The highest BCUT2D eigenvalue weighted by Gasteiger charge is 2.59. The number of hydrogen-bond donors (Lipinski definition) is 1. The molecular formula is C22H36O. The number of allylic oxidation sites excluding steroid dienone is 1. The average molecular weight is 317 g/mol. The van der Waals surface area contributed by atoms with Gasteiger partial charge in [-0.2, -0.15) is 0 Å². The smallest absolute Gasteiger partial charge is 0.0545 e. The van der Waals surface area contributed by atoms with Crippen LogP contribution in [-0.2, 0) is 0 Å². The summed E-state index contributed by atoms with van der Waals surface area (Å²) < 4.78 is 0. The van der Waals surface area contributed by atoms with E-state index in [4.69, 9.17) is 0 Å². The fourth-order valence-electron chi connectivity index (χ4n) is 8.06. The van der Waals surface area contributed by atoms with Gasteiger partial charge in [-0.05, 0) is 105 Å². The SMILES string of the molecule is C=C1CCC2C3CCC4(C)C(C(C)O)CCC4C3CC[C@]2(C)C1. The Morgan fingerprint density at radius 2 is 1.70 bits per heavy atom. The Morgan fingerprint density at radius 3 is 2.43 bits per heavy atom. The number of aliphatic hydroxyl groups excluding tert-OH is 1. The molecule has 0 bridgehead atoms. The van der Waals surface area contributed by atoms with Gasteiger partial charge in [-0.1, -0.05) is 26.0 Å². The molecule has 0 spiro atoms. The number of rotatable bonds is 1. The normalized spacial score (nSPS) is 54.1. The van der Waals surface area contributed by atoms with Crippen molar-refractivity contribution in [2.45, 2.75) is 84.7 Å². The first-order chi connectivity index (χ1) is 10.8. The van der Waals surface area contributed by atoms with Crippen LogP contribution < -0.4 is 0 Å². The largest absolute Gasteiger partial charge is 0.393 e. The van der Waals surface area contributed by atoms with E-state index in [2.05, 4.69) is 20.4 Å². The summed E-state index contributed by atoms with van der Waals surface area (Å²) in [5, 5.41) is 10.3.